The second-order valence-corrected chi connectivity index (χ2v) is 8.39. The third-order valence-electron chi connectivity index (χ3n) is 5.18. The average molecular weight is 450 g/mol. The number of aromatic nitrogens is 4. The summed E-state index contributed by atoms with van der Waals surface area (Å²) in [5, 5.41) is 4.98. The number of thiophene rings is 1. The Labute approximate surface area is 188 Å². The average Bonchev–Trinajstić information content (AvgIpc) is 3.35. The predicted octanol–water partition coefficient (Wildman–Crippen LogP) is 2.72. The molecule has 0 aliphatic rings. The van der Waals surface area contributed by atoms with Crippen LogP contribution in [-0.2, 0) is 17.9 Å². The van der Waals surface area contributed by atoms with Gasteiger partial charge in [-0.2, -0.15) is 0 Å². The van der Waals surface area contributed by atoms with Gasteiger partial charge in [-0.1, -0.05) is 19.4 Å². The van der Waals surface area contributed by atoms with Crippen LogP contribution in [0, 0.1) is 0 Å². The van der Waals surface area contributed by atoms with Crippen LogP contribution in [0.5, 0.6) is 0 Å². The Morgan fingerprint density at radius 2 is 1.84 bits per heavy atom. The van der Waals surface area contributed by atoms with Gasteiger partial charge in [-0.05, 0) is 47.7 Å². The van der Waals surface area contributed by atoms with Crippen molar-refractivity contribution in [1.29, 1.82) is 0 Å². The Hall–Kier alpha value is -3.59. The number of nitrogens with zero attached hydrogens (tertiary/aromatic N) is 4. The Balaban J connectivity index is 1.68. The monoisotopic (exact) mass is 449 g/mol. The normalized spacial score (nSPS) is 12.0. The third-order valence-corrected chi connectivity index (χ3v) is 6.16. The molecule has 1 N–H and O–H groups in total. The fraction of sp³-hybridized carbons (Fsp3) is 0.261. The Bertz CT molecular complexity index is 1330. The van der Waals surface area contributed by atoms with E-state index >= 15 is 0 Å². The summed E-state index contributed by atoms with van der Waals surface area (Å²) in [7, 11) is 0. The van der Waals surface area contributed by atoms with E-state index in [1.54, 1.807) is 54.2 Å². The van der Waals surface area contributed by atoms with Crippen LogP contribution in [0.1, 0.15) is 36.2 Å². The molecule has 4 aromatic heterocycles. The highest BCUT2D eigenvalue weighted by Gasteiger charge is 2.19. The van der Waals surface area contributed by atoms with Gasteiger partial charge in [0.15, 0.2) is 5.65 Å². The number of amides is 1. The molecule has 0 radical (unpaired) electrons. The van der Waals surface area contributed by atoms with Crippen LogP contribution < -0.4 is 16.4 Å². The SMILES string of the molecule is CCCC(NC(=O)Cn1c(=O)c(=O)n(Cc2ccncc2)c2ncccc21)c1cccs1. The first-order chi connectivity index (χ1) is 15.6. The highest BCUT2D eigenvalue weighted by atomic mass is 32.1. The van der Waals surface area contributed by atoms with Gasteiger partial charge < -0.3 is 5.32 Å². The fourth-order valence-corrected chi connectivity index (χ4v) is 4.48. The molecule has 1 amide bonds. The first kappa shape index (κ1) is 21.6. The highest BCUT2D eigenvalue weighted by Crippen LogP contribution is 2.23. The minimum atomic E-state index is -0.752. The van der Waals surface area contributed by atoms with Crippen molar-refractivity contribution in [3.05, 3.63) is 91.5 Å². The van der Waals surface area contributed by atoms with Gasteiger partial charge in [-0.3, -0.25) is 28.5 Å². The zero-order valence-corrected chi connectivity index (χ0v) is 18.4. The van der Waals surface area contributed by atoms with Crippen LogP contribution in [0.2, 0.25) is 0 Å². The van der Waals surface area contributed by atoms with E-state index in [1.807, 2.05) is 17.5 Å². The van der Waals surface area contributed by atoms with Crippen molar-refractivity contribution >= 4 is 28.4 Å². The number of rotatable bonds is 8. The van der Waals surface area contributed by atoms with E-state index < -0.39 is 11.1 Å². The van der Waals surface area contributed by atoms with Gasteiger partial charge in [-0.25, -0.2) is 4.98 Å². The van der Waals surface area contributed by atoms with Crippen LogP contribution in [-0.4, -0.2) is 25.0 Å². The van der Waals surface area contributed by atoms with Crippen molar-refractivity contribution in [2.75, 3.05) is 0 Å². The molecule has 4 rings (SSSR count). The lowest BCUT2D eigenvalue weighted by atomic mass is 10.1. The Morgan fingerprint density at radius 3 is 2.56 bits per heavy atom. The molecule has 0 spiro atoms. The zero-order valence-electron chi connectivity index (χ0n) is 17.6. The molecule has 0 bridgehead atoms. The number of hydrogen-bond donors (Lipinski definition) is 1. The first-order valence-corrected chi connectivity index (χ1v) is 11.3. The van der Waals surface area contributed by atoms with Crippen LogP contribution in [0.25, 0.3) is 11.2 Å². The van der Waals surface area contributed by atoms with Crippen molar-refractivity contribution in [2.45, 2.75) is 38.9 Å². The van der Waals surface area contributed by atoms with E-state index in [-0.39, 0.29) is 25.0 Å². The quantitative estimate of drug-likeness (QED) is 0.417. The van der Waals surface area contributed by atoms with Gasteiger partial charge in [0.05, 0.1) is 18.1 Å². The standard InChI is InChI=1S/C23H23N5O3S/c1-2-5-17(19-7-4-13-32-19)26-20(29)15-27-18-6-3-10-25-21(18)28(23(31)22(27)30)14-16-8-11-24-12-9-16/h3-4,6-13,17H,2,5,14-15H2,1H3,(H,26,29). The molecular formula is C23H23N5O3S. The summed E-state index contributed by atoms with van der Waals surface area (Å²) in [5.41, 5.74) is 0.138. The van der Waals surface area contributed by atoms with E-state index in [0.717, 1.165) is 23.3 Å². The molecule has 0 aliphatic carbocycles. The summed E-state index contributed by atoms with van der Waals surface area (Å²) in [4.78, 5) is 48.2. The number of carbonyl (C=O) groups excluding carboxylic acids is 1. The van der Waals surface area contributed by atoms with Crippen molar-refractivity contribution < 1.29 is 4.79 Å². The lowest BCUT2D eigenvalue weighted by Gasteiger charge is -2.18. The number of nitrogens with one attached hydrogen (secondary N) is 1. The number of hydrogen-bond acceptors (Lipinski definition) is 6. The van der Waals surface area contributed by atoms with Gasteiger partial charge in [0, 0.05) is 23.5 Å². The molecule has 0 saturated carbocycles. The number of fused-ring (bicyclic) bond motifs is 1. The van der Waals surface area contributed by atoms with Crippen LogP contribution in [0.4, 0.5) is 0 Å². The van der Waals surface area contributed by atoms with Gasteiger partial charge in [-0.15, -0.1) is 11.3 Å². The maximum absolute atomic E-state index is 13.0. The molecule has 0 saturated heterocycles. The maximum Gasteiger partial charge on any atom is 0.318 e. The number of pyridine rings is 2. The Morgan fingerprint density at radius 1 is 1.06 bits per heavy atom. The molecule has 1 unspecified atom stereocenters. The lowest BCUT2D eigenvalue weighted by Crippen LogP contribution is -2.44. The summed E-state index contributed by atoms with van der Waals surface area (Å²) in [6.07, 6.45) is 6.51. The fourth-order valence-electron chi connectivity index (χ4n) is 3.67. The number of carbonyl (C=O) groups is 1. The van der Waals surface area contributed by atoms with Gasteiger partial charge >= 0.3 is 11.1 Å². The first-order valence-electron chi connectivity index (χ1n) is 10.4. The maximum atomic E-state index is 13.0. The lowest BCUT2D eigenvalue weighted by molar-refractivity contribution is -0.122. The second kappa shape index (κ2) is 9.69. The molecule has 1 atom stereocenters. The molecule has 164 valence electrons. The van der Waals surface area contributed by atoms with E-state index in [9.17, 15) is 14.4 Å². The summed E-state index contributed by atoms with van der Waals surface area (Å²) in [6.45, 7) is 1.99. The molecule has 9 heteroatoms. The third kappa shape index (κ3) is 4.52. The molecule has 0 aromatic carbocycles. The topological polar surface area (TPSA) is 98.9 Å². The van der Waals surface area contributed by atoms with E-state index in [1.165, 1.54) is 9.13 Å². The largest absolute Gasteiger partial charge is 0.347 e. The van der Waals surface area contributed by atoms with Crippen molar-refractivity contribution in [1.82, 2.24) is 24.4 Å². The van der Waals surface area contributed by atoms with Crippen LogP contribution in [0.3, 0.4) is 0 Å². The van der Waals surface area contributed by atoms with E-state index in [0.29, 0.717) is 11.2 Å². The molecule has 32 heavy (non-hydrogen) atoms. The Kier molecular flexibility index (Phi) is 6.55. The van der Waals surface area contributed by atoms with Crippen molar-refractivity contribution in [3.8, 4) is 0 Å². The molecular weight excluding hydrogens is 426 g/mol. The highest BCUT2D eigenvalue weighted by molar-refractivity contribution is 7.10. The molecule has 0 fully saturated rings. The molecule has 0 aliphatic heterocycles. The van der Waals surface area contributed by atoms with Crippen LogP contribution >= 0.6 is 11.3 Å². The smallest absolute Gasteiger partial charge is 0.318 e. The second-order valence-electron chi connectivity index (χ2n) is 7.41. The zero-order chi connectivity index (χ0) is 22.5. The minimum absolute atomic E-state index is 0.125. The van der Waals surface area contributed by atoms with Gasteiger partial charge in [0.2, 0.25) is 5.91 Å². The van der Waals surface area contributed by atoms with Gasteiger partial charge in [0.1, 0.15) is 6.54 Å². The van der Waals surface area contributed by atoms with E-state index in [4.69, 9.17) is 0 Å². The summed E-state index contributed by atoms with van der Waals surface area (Å²) >= 11 is 1.58. The minimum Gasteiger partial charge on any atom is -0.347 e. The summed E-state index contributed by atoms with van der Waals surface area (Å²) in [6, 6.07) is 10.7. The molecule has 4 heterocycles. The van der Waals surface area contributed by atoms with Crippen molar-refractivity contribution in [3.63, 3.8) is 0 Å². The predicted molar refractivity (Wildman–Crippen MR) is 124 cm³/mol. The molecule has 8 nitrogen and oxygen atoms in total. The van der Waals surface area contributed by atoms with Gasteiger partial charge in [0.25, 0.3) is 0 Å². The van der Waals surface area contributed by atoms with Crippen molar-refractivity contribution in [2.24, 2.45) is 0 Å². The molecule has 4 aromatic rings. The summed E-state index contributed by atoms with van der Waals surface area (Å²) in [5.74, 6) is -0.324. The summed E-state index contributed by atoms with van der Waals surface area (Å²) < 4.78 is 2.55. The van der Waals surface area contributed by atoms with Crippen LogP contribution in [0.15, 0.2) is 70.0 Å². The van der Waals surface area contributed by atoms with E-state index in [2.05, 4.69) is 22.2 Å².